The van der Waals surface area contributed by atoms with E-state index in [0.29, 0.717) is 13.1 Å². The van der Waals surface area contributed by atoms with E-state index in [2.05, 4.69) is 0 Å². The summed E-state index contributed by atoms with van der Waals surface area (Å²) in [6.07, 6.45) is 1.12. The Bertz CT molecular complexity index is 571. The Balaban J connectivity index is 2.01. The SMILES string of the molecule is O=C(Cl)CCCS(=O)(=O)N1CCc2ccccc2C1. The fourth-order valence-electron chi connectivity index (χ4n) is 2.23. The number of sulfonamides is 1. The lowest BCUT2D eigenvalue weighted by atomic mass is 10.0. The third kappa shape index (κ3) is 3.78. The number of hydrogen-bond donors (Lipinski definition) is 0. The second-order valence-electron chi connectivity index (χ2n) is 4.63. The van der Waals surface area contributed by atoms with Gasteiger partial charge in [0.1, 0.15) is 0 Å². The summed E-state index contributed by atoms with van der Waals surface area (Å²) in [5, 5.41) is -0.487. The largest absolute Gasteiger partial charge is 0.281 e. The monoisotopic (exact) mass is 301 g/mol. The summed E-state index contributed by atoms with van der Waals surface area (Å²) in [6.45, 7) is 0.932. The number of hydrogen-bond acceptors (Lipinski definition) is 3. The average Bonchev–Trinajstić information content (AvgIpc) is 2.37. The Hall–Kier alpha value is -0.910. The number of benzene rings is 1. The zero-order chi connectivity index (χ0) is 13.9. The van der Waals surface area contributed by atoms with Crippen LogP contribution in [0.4, 0.5) is 0 Å². The topological polar surface area (TPSA) is 54.5 Å². The lowest BCUT2D eigenvalue weighted by molar-refractivity contribution is -0.111. The van der Waals surface area contributed by atoms with Crippen LogP contribution in [0, 0.1) is 0 Å². The van der Waals surface area contributed by atoms with Crippen LogP contribution in [0.3, 0.4) is 0 Å². The normalized spacial score (nSPS) is 16.1. The van der Waals surface area contributed by atoms with Crippen LogP contribution in [0.2, 0.25) is 0 Å². The number of carbonyl (C=O) groups is 1. The van der Waals surface area contributed by atoms with Crippen LogP contribution in [0.15, 0.2) is 24.3 Å². The molecule has 0 saturated carbocycles. The quantitative estimate of drug-likeness (QED) is 0.781. The molecule has 19 heavy (non-hydrogen) atoms. The molecule has 0 N–H and O–H groups in total. The molecule has 6 heteroatoms. The summed E-state index contributed by atoms with van der Waals surface area (Å²) >= 11 is 5.21. The molecule has 1 heterocycles. The molecule has 0 atom stereocenters. The maximum atomic E-state index is 12.1. The second kappa shape index (κ2) is 6.03. The molecule has 0 unspecified atom stereocenters. The number of rotatable bonds is 5. The lowest BCUT2D eigenvalue weighted by Gasteiger charge is -2.28. The molecule has 0 aliphatic carbocycles. The molecule has 0 bridgehead atoms. The first-order chi connectivity index (χ1) is 8.99. The Kier molecular flexibility index (Phi) is 4.60. The average molecular weight is 302 g/mol. The van der Waals surface area contributed by atoms with Gasteiger partial charge in [0.15, 0.2) is 0 Å². The van der Waals surface area contributed by atoms with E-state index < -0.39 is 15.3 Å². The first kappa shape index (κ1) is 14.5. The molecule has 1 aliphatic rings. The van der Waals surface area contributed by atoms with Crippen molar-refractivity contribution < 1.29 is 13.2 Å². The van der Waals surface area contributed by atoms with E-state index in [1.165, 1.54) is 9.87 Å². The fraction of sp³-hybridized carbons (Fsp3) is 0.462. The van der Waals surface area contributed by atoms with Gasteiger partial charge in [0.25, 0.3) is 0 Å². The zero-order valence-electron chi connectivity index (χ0n) is 10.5. The van der Waals surface area contributed by atoms with Gasteiger partial charge >= 0.3 is 0 Å². The first-order valence-electron chi connectivity index (χ1n) is 6.22. The minimum absolute atomic E-state index is 0.0202. The van der Waals surface area contributed by atoms with Crippen molar-refractivity contribution in [2.45, 2.75) is 25.8 Å². The molecule has 104 valence electrons. The lowest BCUT2D eigenvalue weighted by Crippen LogP contribution is -2.37. The highest BCUT2D eigenvalue weighted by Gasteiger charge is 2.26. The van der Waals surface area contributed by atoms with Gasteiger partial charge in [0.2, 0.25) is 15.3 Å². The van der Waals surface area contributed by atoms with E-state index in [-0.39, 0.29) is 18.6 Å². The van der Waals surface area contributed by atoms with Crippen molar-refractivity contribution in [1.29, 1.82) is 0 Å². The molecule has 2 rings (SSSR count). The van der Waals surface area contributed by atoms with Gasteiger partial charge in [-0.05, 0) is 35.6 Å². The van der Waals surface area contributed by atoms with Crippen LogP contribution in [-0.2, 0) is 27.8 Å². The van der Waals surface area contributed by atoms with Crippen molar-refractivity contribution in [3.05, 3.63) is 35.4 Å². The maximum absolute atomic E-state index is 12.1. The fourth-order valence-corrected chi connectivity index (χ4v) is 3.84. The van der Waals surface area contributed by atoms with E-state index in [9.17, 15) is 13.2 Å². The summed E-state index contributed by atoms with van der Waals surface area (Å²) in [6, 6.07) is 7.88. The van der Waals surface area contributed by atoms with Gasteiger partial charge in [-0.15, -0.1) is 0 Å². The summed E-state index contributed by atoms with van der Waals surface area (Å²) in [7, 11) is -3.30. The Morgan fingerprint density at radius 2 is 1.95 bits per heavy atom. The molecule has 0 fully saturated rings. The molecule has 4 nitrogen and oxygen atoms in total. The van der Waals surface area contributed by atoms with E-state index in [1.807, 2.05) is 24.3 Å². The molecular formula is C13H16ClNO3S. The second-order valence-corrected chi connectivity index (χ2v) is 7.14. The number of nitrogens with zero attached hydrogens (tertiary/aromatic N) is 1. The van der Waals surface area contributed by atoms with Crippen molar-refractivity contribution in [2.24, 2.45) is 0 Å². The molecule has 1 aromatic rings. The van der Waals surface area contributed by atoms with Crippen LogP contribution in [0.5, 0.6) is 0 Å². The third-order valence-corrected chi connectivity index (χ3v) is 5.36. The predicted molar refractivity (Wildman–Crippen MR) is 74.4 cm³/mol. The van der Waals surface area contributed by atoms with Gasteiger partial charge in [0.05, 0.1) is 5.75 Å². The Labute approximate surface area is 118 Å². The van der Waals surface area contributed by atoms with Crippen LogP contribution in [-0.4, -0.2) is 30.3 Å². The number of carbonyl (C=O) groups excluding carboxylic acids is 1. The maximum Gasteiger partial charge on any atom is 0.221 e. The standard InChI is InChI=1S/C13H16ClNO3S/c14-13(16)6-3-9-19(17,18)15-8-7-11-4-1-2-5-12(11)10-15/h1-2,4-5H,3,6-10H2. The van der Waals surface area contributed by atoms with Crippen LogP contribution >= 0.6 is 11.6 Å². The van der Waals surface area contributed by atoms with Crippen LogP contribution < -0.4 is 0 Å². The summed E-state index contributed by atoms with van der Waals surface area (Å²) < 4.78 is 25.8. The van der Waals surface area contributed by atoms with E-state index in [1.54, 1.807) is 0 Å². The highest BCUT2D eigenvalue weighted by Crippen LogP contribution is 2.21. The van der Waals surface area contributed by atoms with Crippen LogP contribution in [0.25, 0.3) is 0 Å². The van der Waals surface area contributed by atoms with Gasteiger partial charge in [-0.2, -0.15) is 4.31 Å². The molecule has 0 radical (unpaired) electrons. The van der Waals surface area contributed by atoms with Crippen molar-refractivity contribution in [1.82, 2.24) is 4.31 Å². The summed E-state index contributed by atoms with van der Waals surface area (Å²) in [4.78, 5) is 10.6. The van der Waals surface area contributed by atoms with Gasteiger partial charge in [0, 0.05) is 19.5 Å². The molecule has 0 amide bonds. The van der Waals surface area contributed by atoms with E-state index in [0.717, 1.165) is 12.0 Å². The molecule has 0 spiro atoms. The highest BCUT2D eigenvalue weighted by atomic mass is 35.5. The molecule has 1 aliphatic heterocycles. The first-order valence-corrected chi connectivity index (χ1v) is 8.21. The summed E-state index contributed by atoms with van der Waals surface area (Å²) in [5.41, 5.74) is 2.27. The van der Waals surface area contributed by atoms with Crippen molar-refractivity contribution in [3.63, 3.8) is 0 Å². The number of fused-ring (bicyclic) bond motifs is 1. The van der Waals surface area contributed by atoms with Crippen LogP contribution in [0.1, 0.15) is 24.0 Å². The Morgan fingerprint density at radius 3 is 2.63 bits per heavy atom. The molecule has 0 aromatic heterocycles. The minimum Gasteiger partial charge on any atom is -0.281 e. The van der Waals surface area contributed by atoms with Crippen molar-refractivity contribution in [2.75, 3.05) is 12.3 Å². The van der Waals surface area contributed by atoms with E-state index >= 15 is 0 Å². The predicted octanol–water partition coefficient (Wildman–Crippen LogP) is 1.92. The zero-order valence-corrected chi connectivity index (χ0v) is 12.1. The molecular weight excluding hydrogens is 286 g/mol. The third-order valence-electron chi connectivity index (χ3n) is 3.26. The van der Waals surface area contributed by atoms with Crippen molar-refractivity contribution >= 4 is 26.9 Å². The Morgan fingerprint density at radius 1 is 1.26 bits per heavy atom. The van der Waals surface area contributed by atoms with E-state index in [4.69, 9.17) is 11.6 Å². The van der Waals surface area contributed by atoms with Gasteiger partial charge in [-0.25, -0.2) is 8.42 Å². The summed E-state index contributed by atoms with van der Waals surface area (Å²) in [5.74, 6) is -0.0202. The van der Waals surface area contributed by atoms with Crippen molar-refractivity contribution in [3.8, 4) is 0 Å². The number of halogens is 1. The van der Waals surface area contributed by atoms with Gasteiger partial charge in [-0.3, -0.25) is 4.79 Å². The van der Waals surface area contributed by atoms with Gasteiger partial charge < -0.3 is 0 Å². The van der Waals surface area contributed by atoms with Gasteiger partial charge in [-0.1, -0.05) is 24.3 Å². The highest BCUT2D eigenvalue weighted by molar-refractivity contribution is 7.89. The molecule has 1 aromatic carbocycles. The molecule has 0 saturated heterocycles. The minimum atomic E-state index is -3.30. The smallest absolute Gasteiger partial charge is 0.221 e.